The summed E-state index contributed by atoms with van der Waals surface area (Å²) in [4.78, 5) is 11.6. The van der Waals surface area contributed by atoms with Gasteiger partial charge in [-0.2, -0.15) is 0 Å². The van der Waals surface area contributed by atoms with Crippen LogP contribution in [-0.2, 0) is 24.4 Å². The summed E-state index contributed by atoms with van der Waals surface area (Å²) < 4.78 is 11.3. The maximum atomic E-state index is 5.80. The van der Waals surface area contributed by atoms with E-state index in [0.717, 1.165) is 64.1 Å². The highest BCUT2D eigenvalue weighted by atomic mass is 16.5. The second kappa shape index (κ2) is 11.8. The molecular weight excluding hydrogens is 402 g/mol. The second-order valence-corrected chi connectivity index (χ2v) is 8.46. The lowest BCUT2D eigenvalue weighted by atomic mass is 10.1. The highest BCUT2D eigenvalue weighted by Gasteiger charge is 2.22. The number of nitrogens with one attached hydrogen (secondary N) is 2. The first-order valence-electron chi connectivity index (χ1n) is 11.8. The minimum Gasteiger partial charge on any atom is -0.477 e. The van der Waals surface area contributed by atoms with Crippen molar-refractivity contribution < 1.29 is 9.47 Å². The van der Waals surface area contributed by atoms with Gasteiger partial charge in [0, 0.05) is 45.0 Å². The number of benzene rings is 1. The van der Waals surface area contributed by atoms with Crippen molar-refractivity contribution in [1.82, 2.24) is 20.5 Å². The van der Waals surface area contributed by atoms with E-state index in [0.29, 0.717) is 18.3 Å². The normalized spacial score (nSPS) is 17.2. The largest absolute Gasteiger partial charge is 0.477 e. The van der Waals surface area contributed by atoms with Gasteiger partial charge in [-0.25, -0.2) is 9.98 Å². The van der Waals surface area contributed by atoms with Gasteiger partial charge in [0.1, 0.15) is 0 Å². The summed E-state index contributed by atoms with van der Waals surface area (Å²) in [5.74, 6) is 2.22. The fourth-order valence-electron chi connectivity index (χ4n) is 3.69. The molecular formula is C25H35N5O2. The quantitative estimate of drug-likeness (QED) is 0.440. The number of ether oxygens (including phenoxy) is 2. The van der Waals surface area contributed by atoms with E-state index in [-0.39, 0.29) is 0 Å². The molecule has 1 saturated heterocycles. The summed E-state index contributed by atoms with van der Waals surface area (Å²) in [6.45, 7) is 9.55. The summed E-state index contributed by atoms with van der Waals surface area (Å²) in [7, 11) is 0. The van der Waals surface area contributed by atoms with Gasteiger partial charge in [-0.1, -0.05) is 24.3 Å². The molecule has 0 amide bonds. The lowest BCUT2D eigenvalue weighted by Gasteiger charge is -2.27. The van der Waals surface area contributed by atoms with E-state index in [1.807, 2.05) is 12.1 Å². The molecule has 2 aliphatic rings. The molecule has 1 aromatic carbocycles. The van der Waals surface area contributed by atoms with Crippen LogP contribution in [-0.4, -0.2) is 55.3 Å². The molecule has 0 atom stereocenters. The summed E-state index contributed by atoms with van der Waals surface area (Å²) in [6, 6.07) is 12.6. The topological polar surface area (TPSA) is 71.0 Å². The van der Waals surface area contributed by atoms with Gasteiger partial charge in [0.2, 0.25) is 5.88 Å². The third-order valence-corrected chi connectivity index (χ3v) is 5.79. The Balaban J connectivity index is 1.34. The first-order chi connectivity index (χ1) is 15.8. The molecule has 0 unspecified atom stereocenters. The fraction of sp³-hybridized carbons (Fsp3) is 0.520. The number of aromatic nitrogens is 1. The zero-order valence-electron chi connectivity index (χ0n) is 19.1. The first-order valence-corrected chi connectivity index (χ1v) is 11.8. The monoisotopic (exact) mass is 437 g/mol. The third kappa shape index (κ3) is 7.21. The van der Waals surface area contributed by atoms with Crippen LogP contribution in [0, 0.1) is 5.92 Å². The van der Waals surface area contributed by atoms with Crippen molar-refractivity contribution in [3.05, 3.63) is 59.3 Å². The van der Waals surface area contributed by atoms with Crippen LogP contribution in [0.2, 0.25) is 0 Å². The van der Waals surface area contributed by atoms with E-state index in [9.17, 15) is 0 Å². The Morgan fingerprint density at radius 3 is 2.75 bits per heavy atom. The van der Waals surface area contributed by atoms with E-state index in [4.69, 9.17) is 14.5 Å². The average molecular weight is 438 g/mol. The number of hydrogen-bond donors (Lipinski definition) is 2. The van der Waals surface area contributed by atoms with Crippen molar-refractivity contribution in [3.63, 3.8) is 0 Å². The van der Waals surface area contributed by atoms with Crippen molar-refractivity contribution in [2.24, 2.45) is 10.9 Å². The summed E-state index contributed by atoms with van der Waals surface area (Å²) in [5, 5.41) is 6.85. The highest BCUT2D eigenvalue weighted by Crippen LogP contribution is 2.29. The molecule has 0 spiro atoms. The zero-order valence-corrected chi connectivity index (χ0v) is 19.1. The molecule has 1 aliphatic heterocycles. The molecule has 1 saturated carbocycles. The smallest absolute Gasteiger partial charge is 0.213 e. The van der Waals surface area contributed by atoms with E-state index >= 15 is 0 Å². The molecule has 2 fully saturated rings. The molecule has 2 heterocycles. The van der Waals surface area contributed by atoms with Crippen molar-refractivity contribution in [3.8, 4) is 5.88 Å². The number of morpholine rings is 1. The van der Waals surface area contributed by atoms with Crippen molar-refractivity contribution in [2.45, 2.75) is 39.4 Å². The summed E-state index contributed by atoms with van der Waals surface area (Å²) >= 11 is 0. The molecule has 0 bridgehead atoms. The minimum atomic E-state index is 0.576. The van der Waals surface area contributed by atoms with Crippen LogP contribution >= 0.6 is 0 Å². The molecule has 7 heteroatoms. The SMILES string of the molecule is CCNC(=NCc1ccnc(OCC2CC2)c1)NCc1ccccc1CN1CCOCC1. The lowest BCUT2D eigenvalue weighted by molar-refractivity contribution is 0.0341. The Morgan fingerprint density at radius 2 is 1.97 bits per heavy atom. The van der Waals surface area contributed by atoms with Crippen LogP contribution in [0.1, 0.15) is 36.5 Å². The van der Waals surface area contributed by atoms with Crippen LogP contribution in [0.3, 0.4) is 0 Å². The predicted molar refractivity (Wildman–Crippen MR) is 127 cm³/mol. The number of guanidine groups is 1. The number of hydrogen-bond acceptors (Lipinski definition) is 5. The van der Waals surface area contributed by atoms with Crippen molar-refractivity contribution in [2.75, 3.05) is 39.5 Å². The standard InChI is InChI=1S/C25H35N5O2/c1-2-26-25(28-16-21-9-10-27-24(15-21)32-19-20-7-8-20)29-17-22-5-3-4-6-23(22)18-30-11-13-31-14-12-30/h3-6,9-10,15,20H,2,7-8,11-14,16-19H2,1H3,(H2,26,28,29). The van der Waals surface area contributed by atoms with Gasteiger partial charge in [0.05, 0.1) is 26.4 Å². The van der Waals surface area contributed by atoms with Gasteiger partial charge in [-0.15, -0.1) is 0 Å². The molecule has 2 N–H and O–H groups in total. The number of rotatable bonds is 10. The Bertz CT molecular complexity index is 878. The van der Waals surface area contributed by atoms with E-state index in [2.05, 4.69) is 51.7 Å². The van der Waals surface area contributed by atoms with Gasteiger partial charge >= 0.3 is 0 Å². The Morgan fingerprint density at radius 1 is 1.16 bits per heavy atom. The van der Waals surface area contributed by atoms with Gasteiger partial charge in [-0.3, -0.25) is 4.90 Å². The van der Waals surface area contributed by atoms with Crippen molar-refractivity contribution >= 4 is 5.96 Å². The zero-order chi connectivity index (χ0) is 22.0. The van der Waals surface area contributed by atoms with Gasteiger partial charge in [0.25, 0.3) is 0 Å². The minimum absolute atomic E-state index is 0.576. The fourth-order valence-corrected chi connectivity index (χ4v) is 3.69. The molecule has 32 heavy (non-hydrogen) atoms. The molecule has 172 valence electrons. The van der Waals surface area contributed by atoms with Crippen LogP contribution in [0.25, 0.3) is 0 Å². The molecule has 7 nitrogen and oxygen atoms in total. The number of pyridine rings is 1. The van der Waals surface area contributed by atoms with Gasteiger partial charge < -0.3 is 20.1 Å². The van der Waals surface area contributed by atoms with E-state index in [1.54, 1.807) is 6.20 Å². The summed E-state index contributed by atoms with van der Waals surface area (Å²) in [5.41, 5.74) is 3.74. The van der Waals surface area contributed by atoms with E-state index in [1.165, 1.54) is 24.0 Å². The van der Waals surface area contributed by atoms with Gasteiger partial charge in [-0.05, 0) is 48.4 Å². The van der Waals surface area contributed by atoms with Gasteiger partial charge in [0.15, 0.2) is 5.96 Å². The van der Waals surface area contributed by atoms with Crippen LogP contribution < -0.4 is 15.4 Å². The molecule has 1 aromatic heterocycles. The van der Waals surface area contributed by atoms with Crippen LogP contribution in [0.15, 0.2) is 47.6 Å². The maximum Gasteiger partial charge on any atom is 0.213 e. The number of aliphatic imine (C=N–C) groups is 1. The molecule has 4 rings (SSSR count). The maximum absolute atomic E-state index is 5.80. The third-order valence-electron chi connectivity index (χ3n) is 5.79. The predicted octanol–water partition coefficient (Wildman–Crippen LogP) is 2.96. The lowest BCUT2D eigenvalue weighted by Crippen LogP contribution is -2.38. The Labute approximate surface area is 191 Å². The number of nitrogens with zero attached hydrogens (tertiary/aromatic N) is 3. The van der Waals surface area contributed by atoms with Crippen LogP contribution in [0.4, 0.5) is 0 Å². The average Bonchev–Trinajstić information content (AvgIpc) is 3.66. The second-order valence-electron chi connectivity index (χ2n) is 8.46. The first kappa shape index (κ1) is 22.6. The molecule has 1 aliphatic carbocycles. The van der Waals surface area contributed by atoms with Crippen LogP contribution in [0.5, 0.6) is 5.88 Å². The Kier molecular flexibility index (Phi) is 8.34. The summed E-state index contributed by atoms with van der Waals surface area (Å²) in [6.07, 6.45) is 4.35. The van der Waals surface area contributed by atoms with Crippen molar-refractivity contribution in [1.29, 1.82) is 0 Å². The Hall–Kier alpha value is -2.64. The molecule has 0 radical (unpaired) electrons. The molecule has 2 aromatic rings. The highest BCUT2D eigenvalue weighted by molar-refractivity contribution is 5.79. The van der Waals surface area contributed by atoms with E-state index < -0.39 is 0 Å².